The van der Waals surface area contributed by atoms with Crippen molar-refractivity contribution >= 4 is 43.1 Å². The Morgan fingerprint density at radius 2 is 1.14 bits per heavy atom. The van der Waals surface area contributed by atoms with Gasteiger partial charge in [-0.3, -0.25) is 4.98 Å². The van der Waals surface area contributed by atoms with E-state index in [0.29, 0.717) is 0 Å². The van der Waals surface area contributed by atoms with Gasteiger partial charge in [-0.05, 0) is 83.5 Å². The second-order valence-electron chi connectivity index (χ2n) is 10.8. The van der Waals surface area contributed by atoms with Crippen LogP contribution in [0.5, 0.6) is 0 Å². The predicted molar refractivity (Wildman–Crippen MR) is 157 cm³/mol. The molecular weight excluding hydrogens is 446 g/mol. The van der Waals surface area contributed by atoms with Gasteiger partial charge in [0.15, 0.2) is 0 Å². The molecule has 0 bridgehead atoms. The Morgan fingerprint density at radius 1 is 0.486 bits per heavy atom. The van der Waals surface area contributed by atoms with Crippen LogP contribution in [0.1, 0.15) is 25.0 Å². The monoisotopic (exact) mass is 471 g/mol. The summed E-state index contributed by atoms with van der Waals surface area (Å²) in [6, 6.07) is 40.1. The molecule has 8 rings (SSSR count). The minimum Gasteiger partial charge on any atom is -0.256 e. The first kappa shape index (κ1) is 20.7. The zero-order chi connectivity index (χ0) is 24.7. The number of aromatic nitrogens is 1. The molecule has 0 radical (unpaired) electrons. The van der Waals surface area contributed by atoms with Gasteiger partial charge in [-0.15, -0.1) is 0 Å². The third kappa shape index (κ3) is 2.77. The van der Waals surface area contributed by atoms with Gasteiger partial charge >= 0.3 is 0 Å². The van der Waals surface area contributed by atoms with Crippen molar-refractivity contribution in [2.24, 2.45) is 0 Å². The Labute approximate surface area is 216 Å². The van der Waals surface area contributed by atoms with Crippen molar-refractivity contribution in [2.75, 3.05) is 0 Å². The molecular formula is C36H25N. The number of rotatable bonds is 1. The first-order chi connectivity index (χ1) is 18.1. The first-order valence-corrected chi connectivity index (χ1v) is 13.0. The normalized spacial score (nSPS) is 13.9. The van der Waals surface area contributed by atoms with E-state index in [1.165, 1.54) is 70.9 Å². The summed E-state index contributed by atoms with van der Waals surface area (Å²) >= 11 is 0. The van der Waals surface area contributed by atoms with Gasteiger partial charge in [0.25, 0.3) is 0 Å². The molecule has 0 aliphatic heterocycles. The van der Waals surface area contributed by atoms with Gasteiger partial charge in [-0.25, -0.2) is 0 Å². The van der Waals surface area contributed by atoms with E-state index in [9.17, 15) is 0 Å². The summed E-state index contributed by atoms with van der Waals surface area (Å²) in [7, 11) is 0. The summed E-state index contributed by atoms with van der Waals surface area (Å²) in [5.41, 5.74) is 7.49. The second kappa shape index (κ2) is 7.27. The van der Waals surface area contributed by atoms with Crippen LogP contribution in [0.25, 0.3) is 65.5 Å². The Hall–Kier alpha value is -4.49. The lowest BCUT2D eigenvalue weighted by molar-refractivity contribution is 0.660. The van der Waals surface area contributed by atoms with Crippen molar-refractivity contribution in [3.05, 3.63) is 127 Å². The molecule has 0 amide bonds. The number of benzene rings is 6. The fourth-order valence-corrected chi connectivity index (χ4v) is 6.70. The molecule has 37 heavy (non-hydrogen) atoms. The van der Waals surface area contributed by atoms with Crippen LogP contribution in [0.4, 0.5) is 0 Å². The molecule has 1 nitrogen and oxygen atoms in total. The maximum Gasteiger partial charge on any atom is 0.0755 e. The smallest absolute Gasteiger partial charge is 0.0755 e. The Morgan fingerprint density at radius 3 is 2.00 bits per heavy atom. The number of hydrogen-bond donors (Lipinski definition) is 0. The molecule has 0 saturated carbocycles. The van der Waals surface area contributed by atoms with Crippen molar-refractivity contribution < 1.29 is 0 Å². The van der Waals surface area contributed by atoms with Gasteiger partial charge in [0.2, 0.25) is 0 Å². The lowest BCUT2D eigenvalue weighted by Gasteiger charge is -2.24. The SMILES string of the molecule is CC1(C)c2cc3ccccc3cc2-c2ccnc(-c3cccc4c3ccc3c5ccccc5ccc43)c21. The molecule has 1 heteroatoms. The van der Waals surface area contributed by atoms with E-state index in [-0.39, 0.29) is 5.41 Å². The number of nitrogens with zero attached hydrogens (tertiary/aromatic N) is 1. The van der Waals surface area contributed by atoms with Crippen molar-refractivity contribution in [3.8, 4) is 22.4 Å². The van der Waals surface area contributed by atoms with E-state index in [2.05, 4.69) is 123 Å². The predicted octanol–water partition coefficient (Wildman–Crippen LogP) is 9.67. The fourth-order valence-electron chi connectivity index (χ4n) is 6.70. The number of fused-ring (bicyclic) bond motifs is 9. The van der Waals surface area contributed by atoms with Crippen molar-refractivity contribution in [1.82, 2.24) is 4.98 Å². The van der Waals surface area contributed by atoms with Gasteiger partial charge in [0, 0.05) is 17.2 Å². The summed E-state index contributed by atoms with van der Waals surface area (Å²) in [5, 5.41) is 10.3. The summed E-state index contributed by atoms with van der Waals surface area (Å²) in [6.07, 6.45) is 1.99. The van der Waals surface area contributed by atoms with Gasteiger partial charge in [-0.2, -0.15) is 0 Å². The minimum atomic E-state index is -0.145. The summed E-state index contributed by atoms with van der Waals surface area (Å²) in [4.78, 5) is 5.05. The number of pyridine rings is 1. The quantitative estimate of drug-likeness (QED) is 0.217. The van der Waals surface area contributed by atoms with Crippen LogP contribution in [0.2, 0.25) is 0 Å². The zero-order valence-corrected chi connectivity index (χ0v) is 20.9. The van der Waals surface area contributed by atoms with E-state index in [4.69, 9.17) is 4.98 Å². The summed E-state index contributed by atoms with van der Waals surface area (Å²) < 4.78 is 0. The van der Waals surface area contributed by atoms with Crippen LogP contribution in [0, 0.1) is 0 Å². The maximum atomic E-state index is 5.05. The van der Waals surface area contributed by atoms with Crippen molar-refractivity contribution in [2.45, 2.75) is 19.3 Å². The largest absolute Gasteiger partial charge is 0.256 e. The highest BCUT2D eigenvalue weighted by atomic mass is 14.7. The van der Waals surface area contributed by atoms with E-state index < -0.39 is 0 Å². The van der Waals surface area contributed by atoms with E-state index in [1.54, 1.807) is 0 Å². The Kier molecular flexibility index (Phi) is 4.06. The number of hydrogen-bond acceptors (Lipinski definition) is 1. The minimum absolute atomic E-state index is 0.145. The maximum absolute atomic E-state index is 5.05. The Bertz CT molecular complexity index is 2060. The van der Waals surface area contributed by atoms with Crippen LogP contribution in [-0.4, -0.2) is 4.98 Å². The van der Waals surface area contributed by atoms with E-state index >= 15 is 0 Å². The highest BCUT2D eigenvalue weighted by molar-refractivity contribution is 6.19. The zero-order valence-electron chi connectivity index (χ0n) is 20.9. The van der Waals surface area contributed by atoms with Crippen LogP contribution in [0.15, 0.2) is 115 Å². The highest BCUT2D eigenvalue weighted by Gasteiger charge is 2.38. The molecule has 1 aliphatic rings. The lowest BCUT2D eigenvalue weighted by atomic mass is 9.79. The molecule has 6 aromatic carbocycles. The second-order valence-corrected chi connectivity index (χ2v) is 10.8. The molecule has 1 aliphatic carbocycles. The molecule has 0 N–H and O–H groups in total. The summed E-state index contributed by atoms with van der Waals surface area (Å²) in [6.45, 7) is 4.70. The first-order valence-electron chi connectivity index (χ1n) is 13.0. The van der Waals surface area contributed by atoms with Crippen LogP contribution in [-0.2, 0) is 5.41 Å². The molecule has 0 fully saturated rings. The van der Waals surface area contributed by atoms with Gasteiger partial charge in [-0.1, -0.05) is 105 Å². The molecule has 0 atom stereocenters. The van der Waals surface area contributed by atoms with Crippen molar-refractivity contribution in [1.29, 1.82) is 0 Å². The van der Waals surface area contributed by atoms with Gasteiger partial charge < -0.3 is 0 Å². The van der Waals surface area contributed by atoms with E-state index in [0.717, 1.165) is 5.69 Å². The fraction of sp³-hybridized carbons (Fsp3) is 0.0833. The van der Waals surface area contributed by atoms with Crippen LogP contribution >= 0.6 is 0 Å². The topological polar surface area (TPSA) is 12.9 Å². The standard InChI is InChI=1S/C36H25N/c1-36(2)33-21-24-10-4-3-9-23(24)20-32(33)30-18-19-37-35(34(30)36)31-13-7-12-26-28-15-14-22-8-5-6-11-25(22)27(28)16-17-29(26)31/h3-21H,1-2H3. The lowest BCUT2D eigenvalue weighted by Crippen LogP contribution is -2.17. The molecule has 0 spiro atoms. The average Bonchev–Trinajstić information content (AvgIpc) is 3.17. The highest BCUT2D eigenvalue weighted by Crippen LogP contribution is 2.53. The van der Waals surface area contributed by atoms with Gasteiger partial charge in [0.05, 0.1) is 5.69 Å². The molecule has 1 aromatic heterocycles. The third-order valence-corrected chi connectivity index (χ3v) is 8.46. The molecule has 7 aromatic rings. The van der Waals surface area contributed by atoms with Crippen molar-refractivity contribution in [3.63, 3.8) is 0 Å². The molecule has 0 saturated heterocycles. The van der Waals surface area contributed by atoms with Gasteiger partial charge in [0.1, 0.15) is 0 Å². The third-order valence-electron chi connectivity index (χ3n) is 8.46. The molecule has 0 unspecified atom stereocenters. The van der Waals surface area contributed by atoms with Crippen LogP contribution < -0.4 is 0 Å². The molecule has 174 valence electrons. The molecule has 1 heterocycles. The van der Waals surface area contributed by atoms with E-state index in [1.807, 2.05) is 6.20 Å². The average molecular weight is 472 g/mol. The summed E-state index contributed by atoms with van der Waals surface area (Å²) in [5.74, 6) is 0. The Balaban J connectivity index is 1.42. The van der Waals surface area contributed by atoms with Crippen LogP contribution in [0.3, 0.4) is 0 Å².